The van der Waals surface area contributed by atoms with Crippen LogP contribution in [0.15, 0.2) is 41.4 Å². The number of aliphatic imine (C=N–C) groups is 1. The number of hydrogen-bond donors (Lipinski definition) is 4. The largest absolute Gasteiger partial charge is 0.487 e. The van der Waals surface area contributed by atoms with E-state index in [9.17, 15) is 19.1 Å². The van der Waals surface area contributed by atoms with Gasteiger partial charge in [0.15, 0.2) is 5.96 Å². The maximum atomic E-state index is 13.8. The zero-order valence-corrected chi connectivity index (χ0v) is 19.6. The van der Waals surface area contributed by atoms with Gasteiger partial charge in [0.1, 0.15) is 24.2 Å². The molecule has 184 valence electrons. The number of carbonyl (C=O) groups is 2. The molecule has 2 aliphatic rings. The fraction of sp³-hybridized carbons (Fsp3) is 0.320. The summed E-state index contributed by atoms with van der Waals surface area (Å²) >= 11 is 0. The lowest BCUT2D eigenvalue weighted by molar-refractivity contribution is -0.139. The Kier molecular flexibility index (Phi) is 7.02. The molecule has 2 aromatic rings. The molecular weight excluding hydrogens is 453 g/mol. The number of nitrogens with zero attached hydrogens (tertiary/aromatic N) is 2. The first kappa shape index (κ1) is 24.2. The lowest BCUT2D eigenvalue weighted by Crippen LogP contribution is -2.36. The van der Waals surface area contributed by atoms with Crippen LogP contribution in [0.25, 0.3) is 11.3 Å². The predicted octanol–water partition coefficient (Wildman–Crippen LogP) is 2.38. The molecule has 0 saturated carbocycles. The third kappa shape index (κ3) is 5.27. The monoisotopic (exact) mass is 481 g/mol. The van der Waals surface area contributed by atoms with Crippen molar-refractivity contribution in [1.82, 2.24) is 10.2 Å². The maximum absolute atomic E-state index is 13.8. The van der Waals surface area contributed by atoms with E-state index in [0.717, 1.165) is 16.7 Å². The first-order valence-corrected chi connectivity index (χ1v) is 11.3. The van der Waals surface area contributed by atoms with Crippen LogP contribution >= 0.6 is 0 Å². The van der Waals surface area contributed by atoms with Gasteiger partial charge < -0.3 is 31.1 Å². The number of anilines is 1. The fourth-order valence-corrected chi connectivity index (χ4v) is 4.08. The molecule has 0 unspecified atom stereocenters. The number of halogens is 1. The van der Waals surface area contributed by atoms with E-state index >= 15 is 0 Å². The van der Waals surface area contributed by atoms with Crippen LogP contribution in [-0.4, -0.2) is 54.5 Å². The number of nitrogens with one attached hydrogen (secondary N) is 2. The number of carboxylic acids is 1. The Labute approximate surface area is 202 Å². The first-order valence-electron chi connectivity index (χ1n) is 11.3. The summed E-state index contributed by atoms with van der Waals surface area (Å²) in [7, 11) is 3.59. The summed E-state index contributed by atoms with van der Waals surface area (Å²) in [6, 6.07) is 9.07. The smallest absolute Gasteiger partial charge is 0.320 e. The highest BCUT2D eigenvalue weighted by Crippen LogP contribution is 2.41. The van der Waals surface area contributed by atoms with Gasteiger partial charge >= 0.3 is 5.97 Å². The molecule has 35 heavy (non-hydrogen) atoms. The third-order valence-electron chi connectivity index (χ3n) is 5.97. The number of guanidine groups is 1. The van der Waals surface area contributed by atoms with Crippen LogP contribution in [0.2, 0.25) is 0 Å². The van der Waals surface area contributed by atoms with E-state index in [4.69, 9.17) is 10.5 Å². The molecule has 0 aromatic heterocycles. The predicted molar refractivity (Wildman–Crippen MR) is 131 cm³/mol. The molecule has 0 bridgehead atoms. The summed E-state index contributed by atoms with van der Waals surface area (Å²) in [5, 5.41) is 15.4. The number of ether oxygens (including phenoxy) is 1. The van der Waals surface area contributed by atoms with Crippen molar-refractivity contribution < 1.29 is 23.8 Å². The summed E-state index contributed by atoms with van der Waals surface area (Å²) < 4.78 is 19.7. The molecule has 1 atom stereocenters. The molecule has 1 amide bonds. The number of hydrogen-bond acceptors (Lipinski definition) is 5. The number of carbonyl (C=O) groups excluding carboxylic acids is 1. The Morgan fingerprint density at radius 1 is 1.29 bits per heavy atom. The Morgan fingerprint density at radius 2 is 2.09 bits per heavy atom. The fourth-order valence-electron chi connectivity index (χ4n) is 4.08. The third-order valence-corrected chi connectivity index (χ3v) is 5.97. The number of nitrogens with two attached hydrogens (primary N) is 1. The minimum absolute atomic E-state index is 0.271. The highest BCUT2D eigenvalue weighted by atomic mass is 19.1. The second-order valence-electron chi connectivity index (χ2n) is 8.68. The van der Waals surface area contributed by atoms with Gasteiger partial charge in [-0.2, -0.15) is 0 Å². The Morgan fingerprint density at radius 3 is 2.83 bits per heavy atom. The number of fused-ring (bicyclic) bond motifs is 2. The summed E-state index contributed by atoms with van der Waals surface area (Å²) in [6.45, 7) is 1.07. The Hall–Kier alpha value is -3.92. The molecule has 0 fully saturated rings. The second kappa shape index (κ2) is 10.1. The van der Waals surface area contributed by atoms with E-state index in [1.165, 1.54) is 18.2 Å². The van der Waals surface area contributed by atoms with Gasteiger partial charge in [0.2, 0.25) is 0 Å². The van der Waals surface area contributed by atoms with Crippen LogP contribution in [0, 0.1) is 5.82 Å². The molecule has 2 aliphatic heterocycles. The van der Waals surface area contributed by atoms with Crippen LogP contribution in [0.1, 0.15) is 35.1 Å². The van der Waals surface area contributed by atoms with Crippen molar-refractivity contribution in [3.8, 4) is 0 Å². The van der Waals surface area contributed by atoms with Crippen molar-refractivity contribution in [2.75, 3.05) is 26.0 Å². The SMILES string of the molecule is CN(C)C(N)=NCCC[C@H](NCc1ccc2c(c1)COC2=C1C(=O)Nc2ccc(F)cc21)C(=O)O. The molecule has 2 heterocycles. The number of benzene rings is 2. The van der Waals surface area contributed by atoms with Crippen LogP contribution in [-0.2, 0) is 27.5 Å². The minimum atomic E-state index is -0.927. The van der Waals surface area contributed by atoms with Crippen molar-refractivity contribution in [3.05, 3.63) is 64.5 Å². The zero-order valence-electron chi connectivity index (χ0n) is 19.6. The van der Waals surface area contributed by atoms with Crippen molar-refractivity contribution >= 4 is 34.9 Å². The van der Waals surface area contributed by atoms with E-state index in [0.29, 0.717) is 54.5 Å². The average Bonchev–Trinajstić information content (AvgIpc) is 3.36. The van der Waals surface area contributed by atoms with E-state index in [1.807, 2.05) is 18.2 Å². The molecule has 9 nitrogen and oxygen atoms in total. The van der Waals surface area contributed by atoms with Gasteiger partial charge in [0.25, 0.3) is 5.91 Å². The van der Waals surface area contributed by atoms with Gasteiger partial charge in [-0.1, -0.05) is 18.2 Å². The van der Waals surface area contributed by atoms with Gasteiger partial charge in [0, 0.05) is 49.6 Å². The van der Waals surface area contributed by atoms with E-state index in [2.05, 4.69) is 15.6 Å². The van der Waals surface area contributed by atoms with E-state index in [-0.39, 0.29) is 12.5 Å². The van der Waals surface area contributed by atoms with Gasteiger partial charge in [-0.3, -0.25) is 14.6 Å². The normalized spacial score (nSPS) is 17.5. The van der Waals surface area contributed by atoms with Crippen LogP contribution < -0.4 is 16.4 Å². The standard InChI is InChI=1S/C25H28FN5O4/c1-31(2)25(27)28-9-3-4-20(24(33)34)29-12-14-5-7-17-15(10-14)13-35-22(17)21-18-11-16(26)6-8-19(18)30-23(21)32/h5-8,10-11,20,29H,3-4,9,12-13H2,1-2H3,(H2,27,28)(H,30,32)(H,33,34)/t20-/m0/s1. The number of carboxylic acid groups (broad SMARTS) is 1. The van der Waals surface area contributed by atoms with Crippen LogP contribution in [0.4, 0.5) is 10.1 Å². The Balaban J connectivity index is 1.44. The summed E-state index contributed by atoms with van der Waals surface area (Å²) in [4.78, 5) is 30.1. The van der Waals surface area contributed by atoms with Crippen molar-refractivity contribution in [1.29, 1.82) is 0 Å². The highest BCUT2D eigenvalue weighted by molar-refractivity contribution is 6.36. The molecule has 4 rings (SSSR count). The highest BCUT2D eigenvalue weighted by Gasteiger charge is 2.32. The molecule has 2 aromatic carbocycles. The molecule has 5 N–H and O–H groups in total. The number of amides is 1. The maximum Gasteiger partial charge on any atom is 0.320 e. The van der Waals surface area contributed by atoms with E-state index < -0.39 is 17.8 Å². The van der Waals surface area contributed by atoms with Crippen molar-refractivity contribution in [2.24, 2.45) is 10.7 Å². The molecule has 0 radical (unpaired) electrons. The minimum Gasteiger partial charge on any atom is -0.487 e. The van der Waals surface area contributed by atoms with Crippen LogP contribution in [0.3, 0.4) is 0 Å². The molecular formula is C25H28FN5O4. The molecule has 0 saturated heterocycles. The second-order valence-corrected chi connectivity index (χ2v) is 8.68. The van der Waals surface area contributed by atoms with Gasteiger partial charge in [-0.25, -0.2) is 4.39 Å². The summed E-state index contributed by atoms with van der Waals surface area (Å²) in [6.07, 6.45) is 0.993. The van der Waals surface area contributed by atoms with Gasteiger partial charge in [0.05, 0.1) is 5.57 Å². The topological polar surface area (TPSA) is 129 Å². The van der Waals surface area contributed by atoms with Crippen molar-refractivity contribution in [2.45, 2.75) is 32.0 Å². The van der Waals surface area contributed by atoms with Gasteiger partial charge in [-0.15, -0.1) is 0 Å². The summed E-state index contributed by atoms with van der Waals surface area (Å²) in [5.41, 5.74) is 9.62. The zero-order chi connectivity index (χ0) is 25.1. The summed E-state index contributed by atoms with van der Waals surface area (Å²) in [5.74, 6) is -0.867. The number of rotatable bonds is 8. The lowest BCUT2D eigenvalue weighted by atomic mass is 9.99. The lowest BCUT2D eigenvalue weighted by Gasteiger charge is -2.15. The van der Waals surface area contributed by atoms with Crippen molar-refractivity contribution in [3.63, 3.8) is 0 Å². The number of aliphatic carboxylic acids is 1. The first-order chi connectivity index (χ1) is 16.7. The molecule has 10 heteroatoms. The molecule has 0 spiro atoms. The van der Waals surface area contributed by atoms with Crippen LogP contribution in [0.5, 0.6) is 0 Å². The van der Waals surface area contributed by atoms with E-state index in [1.54, 1.807) is 19.0 Å². The average molecular weight is 482 g/mol. The quantitative estimate of drug-likeness (QED) is 0.197. The molecule has 0 aliphatic carbocycles. The Bertz CT molecular complexity index is 1220. The van der Waals surface area contributed by atoms with Gasteiger partial charge in [-0.05, 0) is 36.6 Å².